The number of halogens is 1. The normalized spacial score (nSPS) is 20.9. The van der Waals surface area contributed by atoms with Crippen LogP contribution in [-0.4, -0.2) is 35.8 Å². The number of hydrogen-bond acceptors (Lipinski definition) is 4. The number of barbiturate groups is 1. The van der Waals surface area contributed by atoms with Gasteiger partial charge in [0.2, 0.25) is 0 Å². The lowest BCUT2D eigenvalue weighted by Gasteiger charge is -2.30. The number of carbonyl (C=O) groups is 3. The molecule has 23 heavy (non-hydrogen) atoms. The summed E-state index contributed by atoms with van der Waals surface area (Å²) in [4.78, 5) is 39.6. The summed E-state index contributed by atoms with van der Waals surface area (Å²) in [5.41, 5.74) is 0.208. The van der Waals surface area contributed by atoms with Crippen molar-refractivity contribution in [3.8, 4) is 0 Å². The molecule has 0 radical (unpaired) electrons. The number of imide groups is 2. The Labute approximate surface area is 138 Å². The lowest BCUT2D eigenvalue weighted by Crippen LogP contribution is -2.55. The van der Waals surface area contributed by atoms with Gasteiger partial charge < -0.3 is 4.90 Å². The zero-order chi connectivity index (χ0) is 16.4. The molecule has 0 atom stereocenters. The Hall–Kier alpha value is -2.34. The number of nitrogens with one attached hydrogen (secondary N) is 1. The highest BCUT2D eigenvalue weighted by molar-refractivity contribution is 6.41. The second kappa shape index (κ2) is 6.42. The van der Waals surface area contributed by atoms with E-state index < -0.39 is 17.8 Å². The highest BCUT2D eigenvalue weighted by Crippen LogP contribution is 2.28. The number of benzene rings is 1. The Morgan fingerprint density at radius 2 is 1.74 bits per heavy atom. The fourth-order valence-corrected chi connectivity index (χ4v) is 2.95. The van der Waals surface area contributed by atoms with Gasteiger partial charge in [0.15, 0.2) is 0 Å². The maximum atomic E-state index is 12.7. The van der Waals surface area contributed by atoms with E-state index in [0.717, 1.165) is 37.3 Å². The minimum Gasteiger partial charge on any atom is -0.377 e. The van der Waals surface area contributed by atoms with Gasteiger partial charge in [0.1, 0.15) is 5.57 Å². The standard InChI is InChI=1S/C16H16ClN3O3/c17-12-6-2-3-7-13(12)20-15(22)11(14(21)18-16(20)23)10-19-8-4-1-5-9-19/h2-3,6-7,10H,1,4-5,8-9H2,(H,18,21,23)/b11-10+. The van der Waals surface area contributed by atoms with E-state index in [1.807, 2.05) is 4.90 Å². The topological polar surface area (TPSA) is 69.7 Å². The van der Waals surface area contributed by atoms with Crippen LogP contribution in [0.5, 0.6) is 0 Å². The van der Waals surface area contributed by atoms with E-state index in [1.165, 1.54) is 0 Å². The molecule has 3 rings (SSSR count). The predicted octanol–water partition coefficient (Wildman–Crippen LogP) is 2.29. The molecule has 7 heteroatoms. The van der Waals surface area contributed by atoms with Crippen LogP contribution >= 0.6 is 11.6 Å². The van der Waals surface area contributed by atoms with Gasteiger partial charge in [-0.15, -0.1) is 0 Å². The van der Waals surface area contributed by atoms with Crippen molar-refractivity contribution in [3.63, 3.8) is 0 Å². The fourth-order valence-electron chi connectivity index (χ4n) is 2.73. The van der Waals surface area contributed by atoms with E-state index in [9.17, 15) is 14.4 Å². The van der Waals surface area contributed by atoms with Crippen molar-refractivity contribution < 1.29 is 14.4 Å². The highest BCUT2D eigenvalue weighted by atomic mass is 35.5. The summed E-state index contributed by atoms with van der Waals surface area (Å²) in [5.74, 6) is -1.33. The molecule has 0 aromatic heterocycles. The van der Waals surface area contributed by atoms with Gasteiger partial charge in [-0.3, -0.25) is 14.9 Å². The van der Waals surface area contributed by atoms with Gasteiger partial charge in [0, 0.05) is 19.3 Å². The Kier molecular flexibility index (Phi) is 4.34. The average molecular weight is 334 g/mol. The van der Waals surface area contributed by atoms with Crippen LogP contribution in [0.25, 0.3) is 0 Å². The summed E-state index contributed by atoms with van der Waals surface area (Å²) in [6, 6.07) is 5.74. The van der Waals surface area contributed by atoms with Gasteiger partial charge in [0.25, 0.3) is 11.8 Å². The first-order chi connectivity index (χ1) is 11.1. The van der Waals surface area contributed by atoms with Crippen LogP contribution in [0.3, 0.4) is 0 Å². The summed E-state index contributed by atoms with van der Waals surface area (Å²) in [6.45, 7) is 1.59. The summed E-state index contributed by atoms with van der Waals surface area (Å²) in [5, 5.41) is 2.47. The molecule has 2 saturated heterocycles. The summed E-state index contributed by atoms with van der Waals surface area (Å²) in [7, 11) is 0. The van der Waals surface area contributed by atoms with Crippen molar-refractivity contribution in [3.05, 3.63) is 41.1 Å². The van der Waals surface area contributed by atoms with E-state index in [-0.39, 0.29) is 16.3 Å². The van der Waals surface area contributed by atoms with Crippen molar-refractivity contribution in [2.75, 3.05) is 18.0 Å². The van der Waals surface area contributed by atoms with Crippen molar-refractivity contribution >= 4 is 35.1 Å². The molecule has 120 valence electrons. The molecule has 2 heterocycles. The first-order valence-corrected chi connectivity index (χ1v) is 7.86. The first kappa shape index (κ1) is 15.6. The van der Waals surface area contributed by atoms with Crippen LogP contribution in [0.1, 0.15) is 19.3 Å². The van der Waals surface area contributed by atoms with Crippen LogP contribution in [-0.2, 0) is 9.59 Å². The van der Waals surface area contributed by atoms with E-state index in [4.69, 9.17) is 11.6 Å². The number of urea groups is 1. The lowest BCUT2D eigenvalue weighted by atomic mass is 10.1. The van der Waals surface area contributed by atoms with Gasteiger partial charge in [-0.05, 0) is 31.4 Å². The van der Waals surface area contributed by atoms with E-state index in [2.05, 4.69) is 5.32 Å². The monoisotopic (exact) mass is 333 g/mol. The Bertz CT molecular complexity index is 696. The van der Waals surface area contributed by atoms with Crippen LogP contribution in [0, 0.1) is 0 Å². The van der Waals surface area contributed by atoms with E-state index in [1.54, 1.807) is 30.5 Å². The predicted molar refractivity (Wildman–Crippen MR) is 86.0 cm³/mol. The second-order valence-corrected chi connectivity index (χ2v) is 5.90. The highest BCUT2D eigenvalue weighted by Gasteiger charge is 2.38. The van der Waals surface area contributed by atoms with Gasteiger partial charge >= 0.3 is 6.03 Å². The number of para-hydroxylation sites is 1. The maximum Gasteiger partial charge on any atom is 0.336 e. The van der Waals surface area contributed by atoms with Gasteiger partial charge in [-0.25, -0.2) is 9.69 Å². The van der Waals surface area contributed by atoms with Crippen LogP contribution in [0.4, 0.5) is 10.5 Å². The minimum atomic E-state index is -0.788. The number of nitrogens with zero attached hydrogens (tertiary/aromatic N) is 2. The third kappa shape index (κ3) is 3.07. The number of anilines is 1. The van der Waals surface area contributed by atoms with Crippen LogP contribution < -0.4 is 10.2 Å². The molecule has 1 aromatic rings. The molecule has 1 N–H and O–H groups in total. The minimum absolute atomic E-state index is 0.0496. The lowest BCUT2D eigenvalue weighted by molar-refractivity contribution is -0.122. The zero-order valence-corrected chi connectivity index (χ0v) is 13.2. The molecule has 2 aliphatic rings. The van der Waals surface area contributed by atoms with Crippen molar-refractivity contribution in [1.82, 2.24) is 10.2 Å². The number of rotatable bonds is 2. The number of likely N-dealkylation sites (tertiary alicyclic amines) is 1. The SMILES string of the molecule is O=C1NC(=O)N(c2ccccc2Cl)C(=O)/C1=C/N1CCCCC1. The molecule has 0 spiro atoms. The fraction of sp³-hybridized carbons (Fsp3) is 0.312. The molecule has 6 nitrogen and oxygen atoms in total. The Morgan fingerprint density at radius 1 is 1.04 bits per heavy atom. The molecule has 0 saturated carbocycles. The van der Waals surface area contributed by atoms with Gasteiger partial charge in [-0.2, -0.15) is 0 Å². The quantitative estimate of drug-likeness (QED) is 0.666. The van der Waals surface area contributed by atoms with E-state index >= 15 is 0 Å². The maximum absolute atomic E-state index is 12.7. The zero-order valence-electron chi connectivity index (χ0n) is 12.4. The van der Waals surface area contributed by atoms with Crippen LogP contribution in [0.2, 0.25) is 5.02 Å². The Morgan fingerprint density at radius 3 is 2.43 bits per heavy atom. The average Bonchev–Trinajstić information content (AvgIpc) is 2.54. The number of piperidine rings is 1. The second-order valence-electron chi connectivity index (χ2n) is 5.49. The first-order valence-electron chi connectivity index (χ1n) is 7.48. The number of hydrogen-bond donors (Lipinski definition) is 1. The molecule has 2 aliphatic heterocycles. The summed E-state index contributed by atoms with van der Waals surface area (Å²) >= 11 is 6.08. The smallest absolute Gasteiger partial charge is 0.336 e. The molecular weight excluding hydrogens is 318 g/mol. The largest absolute Gasteiger partial charge is 0.377 e. The molecule has 4 amide bonds. The van der Waals surface area contributed by atoms with Crippen LogP contribution in [0.15, 0.2) is 36.0 Å². The molecule has 0 unspecified atom stereocenters. The molecule has 1 aromatic carbocycles. The summed E-state index contributed by atoms with van der Waals surface area (Å²) < 4.78 is 0. The molecule has 0 aliphatic carbocycles. The third-order valence-electron chi connectivity index (χ3n) is 3.90. The van der Waals surface area contributed by atoms with Gasteiger partial charge in [0.05, 0.1) is 10.7 Å². The molecular formula is C16H16ClN3O3. The third-order valence-corrected chi connectivity index (χ3v) is 4.22. The molecule has 2 fully saturated rings. The Balaban J connectivity index is 1.94. The van der Waals surface area contributed by atoms with E-state index in [0.29, 0.717) is 0 Å². The molecule has 0 bridgehead atoms. The number of carbonyl (C=O) groups excluding carboxylic acids is 3. The number of amides is 4. The summed E-state index contributed by atoms with van der Waals surface area (Å²) in [6.07, 6.45) is 4.73. The van der Waals surface area contributed by atoms with Crippen molar-refractivity contribution in [1.29, 1.82) is 0 Å². The van der Waals surface area contributed by atoms with Gasteiger partial charge in [-0.1, -0.05) is 23.7 Å². The van der Waals surface area contributed by atoms with Crippen molar-refractivity contribution in [2.45, 2.75) is 19.3 Å². The van der Waals surface area contributed by atoms with Crippen molar-refractivity contribution in [2.24, 2.45) is 0 Å².